The van der Waals surface area contributed by atoms with Gasteiger partial charge in [0, 0.05) is 12.6 Å². The zero-order chi connectivity index (χ0) is 18.3. The van der Waals surface area contributed by atoms with Gasteiger partial charge in [0.2, 0.25) is 0 Å². The lowest BCUT2D eigenvalue weighted by Crippen LogP contribution is -2.14. The van der Waals surface area contributed by atoms with E-state index in [0.29, 0.717) is 0 Å². The van der Waals surface area contributed by atoms with E-state index in [1.54, 1.807) is 6.26 Å². The molecule has 6 heteroatoms. The van der Waals surface area contributed by atoms with E-state index in [0.717, 1.165) is 40.7 Å². The molecule has 0 fully saturated rings. The summed E-state index contributed by atoms with van der Waals surface area (Å²) in [6, 6.07) is 8.02. The molecule has 0 spiro atoms. The van der Waals surface area contributed by atoms with Gasteiger partial charge >= 0.3 is 0 Å². The summed E-state index contributed by atoms with van der Waals surface area (Å²) < 4.78 is 7.27. The Balaban J connectivity index is 1.53. The number of thioether (sulfide) groups is 1. The third kappa shape index (κ3) is 2.98. The molecule has 5 nitrogen and oxygen atoms in total. The van der Waals surface area contributed by atoms with Crippen LogP contribution in [-0.2, 0) is 19.9 Å². The number of carbonyl (C=O) groups excluding carboxylic acids is 1. The second kappa shape index (κ2) is 6.76. The lowest BCUT2D eigenvalue weighted by atomic mass is 10.0. The molecule has 134 valence electrons. The van der Waals surface area contributed by atoms with Crippen molar-refractivity contribution in [3.63, 3.8) is 0 Å². The van der Waals surface area contributed by atoms with Crippen molar-refractivity contribution < 1.29 is 9.21 Å². The number of carbonyl (C=O) groups is 1. The molecule has 0 unspecified atom stereocenters. The van der Waals surface area contributed by atoms with Crippen LogP contribution in [0.1, 0.15) is 40.6 Å². The summed E-state index contributed by atoms with van der Waals surface area (Å²) in [5.74, 6) is 1.68. The SMILES string of the molecule is Cc1occc1-c1nnc(S[C@@H](C)C(=O)c2ccc3c(c2)CCC3)n1C. The van der Waals surface area contributed by atoms with Gasteiger partial charge in [0.1, 0.15) is 5.76 Å². The maximum Gasteiger partial charge on any atom is 0.191 e. The van der Waals surface area contributed by atoms with E-state index in [1.807, 2.05) is 37.6 Å². The molecule has 0 bridgehead atoms. The molecule has 26 heavy (non-hydrogen) atoms. The molecule has 3 aromatic rings. The van der Waals surface area contributed by atoms with Crippen molar-refractivity contribution in [3.05, 3.63) is 53.0 Å². The van der Waals surface area contributed by atoms with E-state index >= 15 is 0 Å². The molecule has 2 aromatic heterocycles. The summed E-state index contributed by atoms with van der Waals surface area (Å²) >= 11 is 1.44. The first-order valence-electron chi connectivity index (χ1n) is 8.81. The molecule has 0 amide bonds. The number of aromatic nitrogens is 3. The summed E-state index contributed by atoms with van der Waals surface area (Å²) in [7, 11) is 1.91. The fraction of sp³-hybridized carbons (Fsp3) is 0.350. The lowest BCUT2D eigenvalue weighted by molar-refractivity contribution is 0.0993. The highest BCUT2D eigenvalue weighted by atomic mass is 32.2. The Bertz CT molecular complexity index is 973. The smallest absolute Gasteiger partial charge is 0.191 e. The predicted octanol–water partition coefficient (Wildman–Crippen LogP) is 4.24. The van der Waals surface area contributed by atoms with Crippen LogP contribution in [0.25, 0.3) is 11.4 Å². The van der Waals surface area contributed by atoms with E-state index in [1.165, 1.54) is 29.3 Å². The van der Waals surface area contributed by atoms with Crippen LogP contribution in [0.5, 0.6) is 0 Å². The Labute approximate surface area is 156 Å². The van der Waals surface area contributed by atoms with E-state index in [4.69, 9.17) is 4.42 Å². The molecule has 0 aliphatic heterocycles. The average molecular weight is 367 g/mol. The first-order valence-corrected chi connectivity index (χ1v) is 9.69. The van der Waals surface area contributed by atoms with Crippen LogP contribution < -0.4 is 0 Å². The number of aryl methyl sites for hydroxylation is 3. The second-order valence-electron chi connectivity index (χ2n) is 6.72. The Morgan fingerprint density at radius 1 is 1.23 bits per heavy atom. The Morgan fingerprint density at radius 3 is 2.81 bits per heavy atom. The van der Waals surface area contributed by atoms with E-state index in [9.17, 15) is 4.79 Å². The minimum atomic E-state index is -0.226. The van der Waals surface area contributed by atoms with Gasteiger partial charge in [-0.25, -0.2) is 0 Å². The van der Waals surface area contributed by atoms with Crippen LogP contribution in [0.15, 0.2) is 40.1 Å². The van der Waals surface area contributed by atoms with Crippen molar-refractivity contribution >= 4 is 17.5 Å². The first-order chi connectivity index (χ1) is 12.5. The number of ketones is 1. The van der Waals surface area contributed by atoms with Gasteiger partial charge in [-0.15, -0.1) is 10.2 Å². The Morgan fingerprint density at radius 2 is 2.04 bits per heavy atom. The quantitative estimate of drug-likeness (QED) is 0.499. The molecule has 1 aliphatic carbocycles. The second-order valence-corrected chi connectivity index (χ2v) is 8.02. The van der Waals surface area contributed by atoms with Crippen LogP contribution in [0.2, 0.25) is 0 Å². The minimum absolute atomic E-state index is 0.133. The molecule has 0 saturated carbocycles. The van der Waals surface area contributed by atoms with Crippen LogP contribution in [-0.4, -0.2) is 25.8 Å². The van der Waals surface area contributed by atoms with Gasteiger partial charge in [-0.3, -0.25) is 4.79 Å². The van der Waals surface area contributed by atoms with Gasteiger partial charge < -0.3 is 8.98 Å². The summed E-state index contributed by atoms with van der Waals surface area (Å²) in [6.07, 6.45) is 5.04. The van der Waals surface area contributed by atoms with Gasteiger partial charge in [-0.05, 0) is 56.4 Å². The molecule has 1 atom stereocenters. The van der Waals surface area contributed by atoms with Crippen molar-refractivity contribution in [3.8, 4) is 11.4 Å². The molecule has 0 N–H and O–H groups in total. The van der Waals surface area contributed by atoms with Crippen LogP contribution >= 0.6 is 11.8 Å². The first kappa shape index (κ1) is 17.1. The molecule has 1 aromatic carbocycles. The highest BCUT2D eigenvalue weighted by Crippen LogP contribution is 2.30. The molecule has 2 heterocycles. The Kier molecular flexibility index (Phi) is 4.44. The van der Waals surface area contributed by atoms with Crippen molar-refractivity contribution in [2.45, 2.75) is 43.5 Å². The van der Waals surface area contributed by atoms with Gasteiger partial charge in [0.05, 0.1) is 17.1 Å². The zero-order valence-electron chi connectivity index (χ0n) is 15.2. The van der Waals surface area contributed by atoms with Crippen molar-refractivity contribution in [2.24, 2.45) is 7.05 Å². The van der Waals surface area contributed by atoms with E-state index in [2.05, 4.69) is 22.3 Å². The number of hydrogen-bond donors (Lipinski definition) is 0. The largest absolute Gasteiger partial charge is 0.469 e. The number of furan rings is 1. The monoisotopic (exact) mass is 367 g/mol. The molecule has 0 saturated heterocycles. The highest BCUT2D eigenvalue weighted by molar-refractivity contribution is 8.00. The number of hydrogen-bond acceptors (Lipinski definition) is 5. The molecule has 1 aliphatic rings. The van der Waals surface area contributed by atoms with Gasteiger partial charge in [0.25, 0.3) is 0 Å². The molecular weight excluding hydrogens is 346 g/mol. The summed E-state index contributed by atoms with van der Waals surface area (Å²) in [5.41, 5.74) is 4.42. The molecule has 4 rings (SSSR count). The third-order valence-corrected chi connectivity index (χ3v) is 6.10. The van der Waals surface area contributed by atoms with Gasteiger partial charge in [0.15, 0.2) is 16.8 Å². The fourth-order valence-electron chi connectivity index (χ4n) is 3.44. The van der Waals surface area contributed by atoms with Crippen LogP contribution in [0.3, 0.4) is 0 Å². The van der Waals surface area contributed by atoms with Crippen LogP contribution in [0, 0.1) is 6.92 Å². The van der Waals surface area contributed by atoms with Crippen molar-refractivity contribution in [1.29, 1.82) is 0 Å². The van der Waals surface area contributed by atoms with Gasteiger partial charge in [-0.1, -0.05) is 23.9 Å². The number of rotatable bonds is 5. The number of nitrogens with zero attached hydrogens (tertiary/aromatic N) is 3. The fourth-order valence-corrected chi connectivity index (χ4v) is 4.33. The summed E-state index contributed by atoms with van der Waals surface area (Å²) in [6.45, 7) is 3.83. The van der Waals surface area contributed by atoms with Crippen LogP contribution in [0.4, 0.5) is 0 Å². The summed E-state index contributed by atoms with van der Waals surface area (Å²) in [4.78, 5) is 12.9. The predicted molar refractivity (Wildman–Crippen MR) is 102 cm³/mol. The maximum absolute atomic E-state index is 12.9. The van der Waals surface area contributed by atoms with E-state index in [-0.39, 0.29) is 11.0 Å². The lowest BCUT2D eigenvalue weighted by Gasteiger charge is -2.11. The Hall–Kier alpha value is -2.34. The number of benzene rings is 1. The standard InChI is InChI=1S/C20H21N3O2S/c1-12-17(9-10-25-12)19-21-22-20(23(19)3)26-13(2)18(24)16-8-7-14-5-4-6-15(14)11-16/h7-11,13H,4-6H2,1-3H3/t13-/m0/s1. The third-order valence-electron chi connectivity index (χ3n) is 4.97. The highest BCUT2D eigenvalue weighted by Gasteiger charge is 2.22. The maximum atomic E-state index is 12.9. The van der Waals surface area contributed by atoms with Crippen molar-refractivity contribution in [2.75, 3.05) is 0 Å². The molecule has 0 radical (unpaired) electrons. The topological polar surface area (TPSA) is 60.9 Å². The molecular formula is C20H21N3O2S. The zero-order valence-corrected chi connectivity index (χ0v) is 16.0. The van der Waals surface area contributed by atoms with E-state index < -0.39 is 0 Å². The van der Waals surface area contributed by atoms with Gasteiger partial charge in [-0.2, -0.15) is 0 Å². The summed E-state index contributed by atoms with van der Waals surface area (Å²) in [5, 5.41) is 9.04. The number of Topliss-reactive ketones (excluding diaryl/α,β-unsaturated/α-hetero) is 1. The van der Waals surface area contributed by atoms with Crippen molar-refractivity contribution in [1.82, 2.24) is 14.8 Å². The normalized spacial score (nSPS) is 14.4. The minimum Gasteiger partial charge on any atom is -0.469 e. The average Bonchev–Trinajstić information content (AvgIpc) is 3.35. The number of fused-ring (bicyclic) bond motifs is 1.